The number of thiophene rings is 1. The Morgan fingerprint density at radius 2 is 2.54 bits per heavy atom. The van der Waals surface area contributed by atoms with Crippen LogP contribution in [0.1, 0.15) is 10.9 Å². The smallest absolute Gasteiger partial charge is 0.105 e. The minimum absolute atomic E-state index is 0.0687. The van der Waals surface area contributed by atoms with Crippen molar-refractivity contribution in [2.45, 2.75) is 12.1 Å². The second kappa shape index (κ2) is 3.75. The van der Waals surface area contributed by atoms with Crippen molar-refractivity contribution in [3.8, 4) is 0 Å². The summed E-state index contributed by atoms with van der Waals surface area (Å²) in [7, 11) is 0. The van der Waals surface area contributed by atoms with Gasteiger partial charge in [-0.05, 0) is 23.2 Å². The number of nitrogens with zero attached hydrogens (tertiary/aromatic N) is 2. The van der Waals surface area contributed by atoms with Crippen molar-refractivity contribution in [3.63, 3.8) is 0 Å². The van der Waals surface area contributed by atoms with E-state index in [1.54, 1.807) is 22.0 Å². The third-order valence-electron chi connectivity index (χ3n) is 2.00. The van der Waals surface area contributed by atoms with Crippen LogP contribution in [-0.4, -0.2) is 23.3 Å². The maximum atomic E-state index is 6.02. The minimum atomic E-state index is -0.107. The van der Waals surface area contributed by atoms with Crippen LogP contribution < -0.4 is 5.73 Å². The molecule has 1 aromatic heterocycles. The average Bonchev–Trinajstić information content (AvgIpc) is 2.57. The molecule has 2 rings (SSSR count). The molecular formula is C8H10ClN3S. The highest BCUT2D eigenvalue weighted by Gasteiger charge is 2.27. The van der Waals surface area contributed by atoms with Crippen LogP contribution in [0.2, 0.25) is 0 Å². The Morgan fingerprint density at radius 1 is 1.69 bits per heavy atom. The minimum Gasteiger partial charge on any atom is -0.322 e. The number of hydrogen-bond donors (Lipinski definition) is 1. The molecule has 3 nitrogen and oxygen atoms in total. The molecule has 0 fully saturated rings. The molecule has 0 spiro atoms. The summed E-state index contributed by atoms with van der Waals surface area (Å²) in [6, 6.07) is 4.01. The highest BCUT2D eigenvalue weighted by molar-refractivity contribution is 7.10. The van der Waals surface area contributed by atoms with Crippen LogP contribution in [0.3, 0.4) is 0 Å². The fourth-order valence-electron chi connectivity index (χ4n) is 1.39. The first-order chi connectivity index (χ1) is 6.29. The van der Waals surface area contributed by atoms with E-state index in [4.69, 9.17) is 17.5 Å². The highest BCUT2D eigenvalue weighted by atomic mass is 35.5. The summed E-state index contributed by atoms with van der Waals surface area (Å²) < 4.78 is 1.65. The van der Waals surface area contributed by atoms with E-state index in [1.807, 2.05) is 17.5 Å². The van der Waals surface area contributed by atoms with Crippen LogP contribution in [-0.2, 0) is 0 Å². The molecule has 70 valence electrons. The number of nitrogens with two attached hydrogens (primary N) is 1. The van der Waals surface area contributed by atoms with Crippen LogP contribution in [0.5, 0.6) is 0 Å². The van der Waals surface area contributed by atoms with Crippen molar-refractivity contribution in [1.29, 1.82) is 0 Å². The molecule has 0 aromatic carbocycles. The second-order valence-electron chi connectivity index (χ2n) is 2.91. The predicted octanol–water partition coefficient (Wildman–Crippen LogP) is 1.61. The third-order valence-corrected chi connectivity index (χ3v) is 3.26. The predicted molar refractivity (Wildman–Crippen MR) is 56.1 cm³/mol. The normalized spacial score (nSPS) is 29.4. The molecule has 2 atom stereocenters. The summed E-state index contributed by atoms with van der Waals surface area (Å²) in [4.78, 5) is 5.24. The fraction of sp³-hybridized carbons (Fsp3) is 0.375. The lowest BCUT2D eigenvalue weighted by Gasteiger charge is -2.29. The first kappa shape index (κ1) is 9.15. The van der Waals surface area contributed by atoms with E-state index in [-0.39, 0.29) is 12.1 Å². The average molecular weight is 216 g/mol. The van der Waals surface area contributed by atoms with E-state index in [0.29, 0.717) is 6.67 Å². The van der Waals surface area contributed by atoms with Gasteiger partial charge in [0.1, 0.15) is 6.67 Å². The number of halogens is 1. The number of rotatable bonds is 1. The van der Waals surface area contributed by atoms with Gasteiger partial charge in [0, 0.05) is 11.1 Å². The SMILES string of the molecule is NC1C=NCN(Cl)C1c1cccs1. The van der Waals surface area contributed by atoms with Crippen molar-refractivity contribution < 1.29 is 0 Å². The zero-order valence-electron chi connectivity index (χ0n) is 6.93. The lowest BCUT2D eigenvalue weighted by molar-refractivity contribution is 0.330. The summed E-state index contributed by atoms with van der Waals surface area (Å²) in [5.74, 6) is 0. The Labute approximate surface area is 85.9 Å². The maximum Gasteiger partial charge on any atom is 0.105 e. The maximum absolute atomic E-state index is 6.02. The first-order valence-corrected chi connectivity index (χ1v) is 5.22. The van der Waals surface area contributed by atoms with E-state index >= 15 is 0 Å². The third kappa shape index (κ3) is 1.76. The summed E-state index contributed by atoms with van der Waals surface area (Å²) in [6.45, 7) is 0.512. The zero-order chi connectivity index (χ0) is 9.26. The molecule has 1 aliphatic heterocycles. The van der Waals surface area contributed by atoms with Gasteiger partial charge < -0.3 is 5.73 Å². The molecule has 2 unspecified atom stereocenters. The van der Waals surface area contributed by atoms with Crippen molar-refractivity contribution in [3.05, 3.63) is 22.4 Å². The fourth-order valence-corrected chi connectivity index (χ4v) is 2.64. The largest absolute Gasteiger partial charge is 0.322 e. The lowest BCUT2D eigenvalue weighted by atomic mass is 10.1. The van der Waals surface area contributed by atoms with Gasteiger partial charge in [-0.25, -0.2) is 0 Å². The van der Waals surface area contributed by atoms with Gasteiger partial charge in [0.25, 0.3) is 0 Å². The van der Waals surface area contributed by atoms with Crippen LogP contribution in [0.25, 0.3) is 0 Å². The van der Waals surface area contributed by atoms with Crippen molar-refractivity contribution in [2.75, 3.05) is 6.67 Å². The zero-order valence-corrected chi connectivity index (χ0v) is 8.50. The quantitative estimate of drug-likeness (QED) is 0.724. The van der Waals surface area contributed by atoms with Gasteiger partial charge >= 0.3 is 0 Å². The monoisotopic (exact) mass is 215 g/mol. The standard InChI is InChI=1S/C8H10ClN3S/c9-12-5-11-4-6(10)8(12)7-2-1-3-13-7/h1-4,6,8H,5,10H2. The first-order valence-electron chi connectivity index (χ1n) is 4.00. The Kier molecular flexibility index (Phi) is 2.64. The van der Waals surface area contributed by atoms with Gasteiger partial charge in [0.05, 0.1) is 12.1 Å². The summed E-state index contributed by atoms with van der Waals surface area (Å²) >= 11 is 7.68. The molecule has 0 saturated heterocycles. The van der Waals surface area contributed by atoms with Crippen LogP contribution in [0.15, 0.2) is 22.5 Å². The van der Waals surface area contributed by atoms with Gasteiger partial charge in [0.2, 0.25) is 0 Å². The Morgan fingerprint density at radius 3 is 3.15 bits per heavy atom. The Bertz CT molecular complexity index is 298. The second-order valence-corrected chi connectivity index (χ2v) is 4.32. The molecule has 0 saturated carbocycles. The van der Waals surface area contributed by atoms with Crippen molar-refractivity contribution in [1.82, 2.24) is 4.42 Å². The number of hydrogen-bond acceptors (Lipinski definition) is 4. The topological polar surface area (TPSA) is 41.6 Å². The van der Waals surface area contributed by atoms with E-state index < -0.39 is 0 Å². The molecule has 13 heavy (non-hydrogen) atoms. The van der Waals surface area contributed by atoms with Gasteiger partial charge in [-0.2, -0.15) is 4.42 Å². The molecule has 0 amide bonds. The Hall–Kier alpha value is -0.420. The van der Waals surface area contributed by atoms with Crippen LogP contribution >= 0.6 is 23.1 Å². The molecule has 0 bridgehead atoms. The van der Waals surface area contributed by atoms with E-state index in [1.165, 1.54) is 4.88 Å². The molecule has 1 aliphatic rings. The molecule has 2 N–H and O–H groups in total. The molecular weight excluding hydrogens is 206 g/mol. The van der Waals surface area contributed by atoms with E-state index in [2.05, 4.69) is 4.99 Å². The summed E-state index contributed by atoms with van der Waals surface area (Å²) in [5.41, 5.74) is 5.89. The van der Waals surface area contributed by atoms with Gasteiger partial charge in [0.15, 0.2) is 0 Å². The molecule has 5 heteroatoms. The molecule has 0 radical (unpaired) electrons. The van der Waals surface area contributed by atoms with Gasteiger partial charge in [-0.1, -0.05) is 6.07 Å². The van der Waals surface area contributed by atoms with E-state index in [9.17, 15) is 0 Å². The molecule has 0 aliphatic carbocycles. The van der Waals surface area contributed by atoms with Crippen molar-refractivity contribution >= 4 is 29.3 Å². The summed E-state index contributed by atoms with van der Waals surface area (Å²) in [5, 5.41) is 2.03. The van der Waals surface area contributed by atoms with Crippen LogP contribution in [0, 0.1) is 0 Å². The van der Waals surface area contributed by atoms with Crippen molar-refractivity contribution in [2.24, 2.45) is 10.7 Å². The van der Waals surface area contributed by atoms with Gasteiger partial charge in [-0.3, -0.25) is 4.99 Å². The highest BCUT2D eigenvalue weighted by Crippen LogP contribution is 2.29. The number of aliphatic imine (C=N–C) groups is 1. The van der Waals surface area contributed by atoms with Crippen LogP contribution in [0.4, 0.5) is 0 Å². The molecule has 1 aromatic rings. The van der Waals surface area contributed by atoms with Gasteiger partial charge in [-0.15, -0.1) is 11.3 Å². The Balaban J connectivity index is 2.26. The summed E-state index contributed by atoms with van der Waals surface area (Å²) in [6.07, 6.45) is 1.77. The molecule has 2 heterocycles. The van der Waals surface area contributed by atoms with E-state index in [0.717, 1.165) is 0 Å². The lowest BCUT2D eigenvalue weighted by Crippen LogP contribution is -2.40.